The summed E-state index contributed by atoms with van der Waals surface area (Å²) in [6, 6.07) is 14.9. The molecule has 3 aromatic rings. The number of hydrogen-bond acceptors (Lipinski definition) is 5. The quantitative estimate of drug-likeness (QED) is 0.490. The number of carbonyl (C=O) groups excluding carboxylic acids is 3. The molecule has 1 unspecified atom stereocenters. The van der Waals surface area contributed by atoms with Crippen molar-refractivity contribution in [1.82, 2.24) is 20.1 Å². The molecule has 0 saturated carbocycles. The van der Waals surface area contributed by atoms with Gasteiger partial charge in [-0.3, -0.25) is 29.6 Å². The Bertz CT molecular complexity index is 1420. The molecule has 0 aliphatic carbocycles. The number of amides is 3. The molecule has 2 saturated heterocycles. The van der Waals surface area contributed by atoms with Crippen LogP contribution in [-0.2, 0) is 22.7 Å². The average Bonchev–Trinajstić information content (AvgIpc) is 3.16. The number of pyridine rings is 1. The molecule has 1 aromatic heterocycles. The number of piperidine rings is 1. The summed E-state index contributed by atoms with van der Waals surface area (Å²) in [6.07, 6.45) is 2.40. The van der Waals surface area contributed by atoms with E-state index in [1.165, 1.54) is 5.56 Å². The van der Waals surface area contributed by atoms with E-state index in [0.29, 0.717) is 34.5 Å². The van der Waals surface area contributed by atoms with E-state index in [4.69, 9.17) is 23.2 Å². The number of aromatic nitrogens is 1. The van der Waals surface area contributed by atoms with Crippen molar-refractivity contribution in [2.24, 2.45) is 0 Å². The fraction of sp³-hybridized carbons (Fsp3) is 0.286. The average molecular weight is 535 g/mol. The Labute approximate surface area is 224 Å². The SMILES string of the molecule is O=C1CCC(N2Cc3cc(-c4cc(CN5CC(c6cc(Cl)cc(Cl)c6)C5)ccn4)ccc3C2=O)C(=O)N1. The Morgan fingerprint density at radius 3 is 2.51 bits per heavy atom. The van der Waals surface area contributed by atoms with Crippen LogP contribution in [0.3, 0.4) is 0 Å². The highest BCUT2D eigenvalue weighted by Crippen LogP contribution is 2.33. The molecule has 3 aliphatic heterocycles. The van der Waals surface area contributed by atoms with Crippen LogP contribution in [-0.4, -0.2) is 51.6 Å². The Morgan fingerprint density at radius 1 is 0.973 bits per heavy atom. The maximum Gasteiger partial charge on any atom is 0.255 e. The van der Waals surface area contributed by atoms with E-state index in [0.717, 1.165) is 42.0 Å². The second kappa shape index (κ2) is 9.56. The third-order valence-electron chi connectivity index (χ3n) is 7.36. The zero-order valence-corrected chi connectivity index (χ0v) is 21.4. The first-order chi connectivity index (χ1) is 17.8. The van der Waals surface area contributed by atoms with Crippen LogP contribution in [0.2, 0.25) is 10.0 Å². The molecule has 188 valence electrons. The molecule has 2 fully saturated rings. The largest absolute Gasteiger partial charge is 0.322 e. The molecule has 2 aromatic carbocycles. The number of benzene rings is 2. The number of nitrogens with zero attached hydrogens (tertiary/aromatic N) is 3. The van der Waals surface area contributed by atoms with Gasteiger partial charge in [0.25, 0.3) is 5.91 Å². The van der Waals surface area contributed by atoms with Crippen molar-refractivity contribution in [3.05, 3.63) is 87.0 Å². The van der Waals surface area contributed by atoms with E-state index in [9.17, 15) is 14.4 Å². The Kier molecular flexibility index (Phi) is 6.23. The zero-order chi connectivity index (χ0) is 25.7. The topological polar surface area (TPSA) is 82.6 Å². The lowest BCUT2D eigenvalue weighted by Gasteiger charge is -2.39. The highest BCUT2D eigenvalue weighted by Gasteiger charge is 2.39. The van der Waals surface area contributed by atoms with Crippen molar-refractivity contribution in [1.29, 1.82) is 0 Å². The van der Waals surface area contributed by atoms with Gasteiger partial charge in [0.1, 0.15) is 6.04 Å². The van der Waals surface area contributed by atoms with E-state index < -0.39 is 11.9 Å². The van der Waals surface area contributed by atoms with Crippen LogP contribution in [0.15, 0.2) is 54.7 Å². The first kappa shape index (κ1) is 24.1. The van der Waals surface area contributed by atoms with Crippen molar-refractivity contribution in [2.45, 2.75) is 37.9 Å². The molecule has 0 radical (unpaired) electrons. The molecule has 9 heteroatoms. The molecule has 7 nitrogen and oxygen atoms in total. The lowest BCUT2D eigenvalue weighted by molar-refractivity contribution is -0.136. The summed E-state index contributed by atoms with van der Waals surface area (Å²) in [5, 5.41) is 3.67. The summed E-state index contributed by atoms with van der Waals surface area (Å²) >= 11 is 12.3. The third-order valence-corrected chi connectivity index (χ3v) is 7.80. The smallest absolute Gasteiger partial charge is 0.255 e. The van der Waals surface area contributed by atoms with Crippen LogP contribution in [0.1, 0.15) is 45.8 Å². The molecule has 6 rings (SSSR count). The molecule has 3 amide bonds. The highest BCUT2D eigenvalue weighted by molar-refractivity contribution is 6.34. The predicted octanol–water partition coefficient (Wildman–Crippen LogP) is 4.42. The van der Waals surface area contributed by atoms with Crippen LogP contribution in [0, 0.1) is 0 Å². The van der Waals surface area contributed by atoms with Crippen LogP contribution < -0.4 is 5.32 Å². The van der Waals surface area contributed by atoms with Crippen molar-refractivity contribution in [2.75, 3.05) is 13.1 Å². The maximum absolute atomic E-state index is 13.0. The Morgan fingerprint density at radius 2 is 1.76 bits per heavy atom. The summed E-state index contributed by atoms with van der Waals surface area (Å²) in [6.45, 7) is 3.03. The predicted molar refractivity (Wildman–Crippen MR) is 140 cm³/mol. The molecule has 37 heavy (non-hydrogen) atoms. The number of nitrogens with one attached hydrogen (secondary N) is 1. The first-order valence-electron chi connectivity index (χ1n) is 12.3. The van der Waals surface area contributed by atoms with Crippen molar-refractivity contribution in [3.8, 4) is 11.3 Å². The fourth-order valence-corrected chi connectivity index (χ4v) is 5.99. The zero-order valence-electron chi connectivity index (χ0n) is 19.9. The van der Waals surface area contributed by atoms with Gasteiger partial charge in [0.15, 0.2) is 0 Å². The van der Waals surface area contributed by atoms with Crippen LogP contribution in [0.5, 0.6) is 0 Å². The number of likely N-dealkylation sites (tertiary alicyclic amines) is 1. The van der Waals surface area contributed by atoms with Crippen molar-refractivity contribution < 1.29 is 14.4 Å². The third kappa shape index (κ3) is 4.75. The normalized spacial score (nSPS) is 20.1. The fourth-order valence-electron chi connectivity index (χ4n) is 5.44. The second-order valence-electron chi connectivity index (χ2n) is 9.91. The Hall–Kier alpha value is -3.26. The summed E-state index contributed by atoms with van der Waals surface area (Å²) in [5.41, 5.74) is 5.56. The van der Waals surface area contributed by atoms with E-state index in [1.807, 2.05) is 42.6 Å². The number of fused-ring (bicyclic) bond motifs is 1. The molecule has 1 atom stereocenters. The number of halogens is 2. The highest BCUT2D eigenvalue weighted by atomic mass is 35.5. The van der Waals surface area contributed by atoms with Crippen LogP contribution in [0.25, 0.3) is 11.3 Å². The molecule has 0 spiro atoms. The summed E-state index contributed by atoms with van der Waals surface area (Å²) < 4.78 is 0. The molecule has 0 bridgehead atoms. The van der Waals surface area contributed by atoms with Gasteiger partial charge in [-0.1, -0.05) is 29.3 Å². The standard InChI is InChI=1S/C28H24Cl2N4O3/c29-21-9-18(10-22(30)11-21)20-13-33(14-20)12-16-5-6-31-24(7-16)17-1-2-23-19(8-17)15-34(28(23)37)25-3-4-26(35)32-27(25)36/h1-2,5-11,20,25H,3-4,12-15H2,(H,32,35,36). The van der Waals surface area contributed by atoms with Gasteiger partial charge in [-0.25, -0.2) is 0 Å². The summed E-state index contributed by atoms with van der Waals surface area (Å²) in [4.78, 5) is 45.3. The second-order valence-corrected chi connectivity index (χ2v) is 10.8. The number of rotatable bonds is 5. The number of imide groups is 1. The van der Waals surface area contributed by atoms with E-state index in [2.05, 4.69) is 21.3 Å². The molecule has 1 N–H and O–H groups in total. The minimum atomic E-state index is -0.620. The first-order valence-corrected chi connectivity index (χ1v) is 13.0. The maximum atomic E-state index is 13.0. The van der Waals surface area contributed by atoms with E-state index in [1.54, 1.807) is 11.0 Å². The van der Waals surface area contributed by atoms with Gasteiger partial charge in [-0.05, 0) is 65.6 Å². The van der Waals surface area contributed by atoms with Crippen LogP contribution >= 0.6 is 23.2 Å². The van der Waals surface area contributed by atoms with E-state index in [-0.39, 0.29) is 18.2 Å². The molecule has 3 aliphatic rings. The lowest BCUT2D eigenvalue weighted by atomic mass is 9.91. The minimum Gasteiger partial charge on any atom is -0.322 e. The van der Waals surface area contributed by atoms with Crippen LogP contribution in [0.4, 0.5) is 0 Å². The van der Waals surface area contributed by atoms with Gasteiger partial charge in [-0.15, -0.1) is 0 Å². The minimum absolute atomic E-state index is 0.175. The summed E-state index contributed by atoms with van der Waals surface area (Å²) in [5.74, 6) is -0.454. The molecule has 4 heterocycles. The van der Waals surface area contributed by atoms with E-state index >= 15 is 0 Å². The van der Waals surface area contributed by atoms with Gasteiger partial charge in [0, 0.05) is 65.9 Å². The van der Waals surface area contributed by atoms with Gasteiger partial charge >= 0.3 is 0 Å². The van der Waals surface area contributed by atoms with Crippen molar-refractivity contribution in [3.63, 3.8) is 0 Å². The monoisotopic (exact) mass is 534 g/mol. The van der Waals surface area contributed by atoms with Gasteiger partial charge in [-0.2, -0.15) is 0 Å². The number of carbonyl (C=O) groups is 3. The van der Waals surface area contributed by atoms with Crippen molar-refractivity contribution >= 4 is 40.9 Å². The molecular formula is C28H24Cl2N4O3. The lowest BCUT2D eigenvalue weighted by Crippen LogP contribution is -2.52. The molecular weight excluding hydrogens is 511 g/mol. The van der Waals surface area contributed by atoms with Gasteiger partial charge in [0.2, 0.25) is 11.8 Å². The number of hydrogen-bond donors (Lipinski definition) is 1. The van der Waals surface area contributed by atoms with Gasteiger partial charge in [0.05, 0.1) is 5.69 Å². The summed E-state index contributed by atoms with van der Waals surface area (Å²) in [7, 11) is 0. The van der Waals surface area contributed by atoms with Gasteiger partial charge < -0.3 is 4.90 Å². The Balaban J connectivity index is 1.14.